The highest BCUT2D eigenvalue weighted by molar-refractivity contribution is 5.94. The molecule has 1 aromatic carbocycles. The Morgan fingerprint density at radius 3 is 2.96 bits per heavy atom. The van der Waals surface area contributed by atoms with Gasteiger partial charge in [-0.25, -0.2) is 0 Å². The highest BCUT2D eigenvalue weighted by atomic mass is 16.5. The van der Waals surface area contributed by atoms with E-state index in [1.54, 1.807) is 24.1 Å². The van der Waals surface area contributed by atoms with Gasteiger partial charge in [-0.05, 0) is 48.9 Å². The van der Waals surface area contributed by atoms with Crippen molar-refractivity contribution in [1.82, 2.24) is 25.2 Å². The van der Waals surface area contributed by atoms with Crippen molar-refractivity contribution in [3.05, 3.63) is 53.1 Å². The fourth-order valence-electron chi connectivity index (χ4n) is 3.54. The molecule has 2 heterocycles. The number of nitrogens with zero attached hydrogens (tertiary/aromatic N) is 4. The molecule has 1 N–H and O–H groups in total. The smallest absolute Gasteiger partial charge is 0.257 e. The molecule has 7 heteroatoms. The summed E-state index contributed by atoms with van der Waals surface area (Å²) in [6.45, 7) is 0. The number of benzene rings is 1. The van der Waals surface area contributed by atoms with E-state index in [0.29, 0.717) is 17.4 Å². The lowest BCUT2D eigenvalue weighted by Crippen LogP contribution is -2.26. The second-order valence-electron chi connectivity index (χ2n) is 7.11. The van der Waals surface area contributed by atoms with Crippen molar-refractivity contribution in [1.29, 1.82) is 0 Å². The van der Waals surface area contributed by atoms with E-state index in [9.17, 15) is 4.79 Å². The van der Waals surface area contributed by atoms with Crippen molar-refractivity contribution in [3.8, 4) is 11.5 Å². The monoisotopic (exact) mass is 349 g/mol. The molecule has 1 unspecified atom stereocenters. The summed E-state index contributed by atoms with van der Waals surface area (Å²) in [7, 11) is 1.80. The number of aromatic nitrogens is 4. The molecule has 1 atom stereocenters. The Balaban J connectivity index is 1.35. The Labute approximate surface area is 150 Å². The topological polar surface area (TPSA) is 85.8 Å². The predicted octanol–water partition coefficient (Wildman–Crippen LogP) is 2.76. The van der Waals surface area contributed by atoms with Crippen molar-refractivity contribution < 1.29 is 9.32 Å². The highest BCUT2D eigenvalue weighted by Crippen LogP contribution is 2.39. The van der Waals surface area contributed by atoms with Crippen molar-refractivity contribution in [2.75, 3.05) is 0 Å². The Morgan fingerprint density at radius 1 is 1.31 bits per heavy atom. The minimum atomic E-state index is -0.0917. The summed E-state index contributed by atoms with van der Waals surface area (Å²) in [5.74, 6) is 1.79. The first-order valence-electron chi connectivity index (χ1n) is 8.93. The Morgan fingerprint density at radius 2 is 2.19 bits per heavy atom. The number of aryl methyl sites for hydroxylation is 2. The number of amides is 1. The molecule has 0 aliphatic heterocycles. The minimum absolute atomic E-state index is 0.0245. The first-order valence-corrected chi connectivity index (χ1v) is 8.93. The molecule has 1 saturated carbocycles. The normalized spacial score (nSPS) is 18.7. The zero-order valence-corrected chi connectivity index (χ0v) is 14.5. The first-order chi connectivity index (χ1) is 12.7. The third-order valence-corrected chi connectivity index (χ3v) is 5.12. The number of fused-ring (bicyclic) bond motifs is 1. The average molecular weight is 349 g/mol. The van der Waals surface area contributed by atoms with Gasteiger partial charge >= 0.3 is 0 Å². The van der Waals surface area contributed by atoms with Gasteiger partial charge in [0.25, 0.3) is 11.8 Å². The molecule has 2 aliphatic carbocycles. The van der Waals surface area contributed by atoms with Crippen LogP contribution in [-0.2, 0) is 13.5 Å². The number of rotatable bonds is 4. The summed E-state index contributed by atoms with van der Waals surface area (Å²) in [4.78, 5) is 16.9. The predicted molar refractivity (Wildman–Crippen MR) is 93.4 cm³/mol. The number of carbonyl (C=O) groups excluding carboxylic acids is 1. The van der Waals surface area contributed by atoms with Gasteiger partial charge in [-0.3, -0.25) is 9.48 Å². The van der Waals surface area contributed by atoms with Gasteiger partial charge in [0.1, 0.15) is 0 Å². The van der Waals surface area contributed by atoms with Crippen LogP contribution in [0.5, 0.6) is 0 Å². The molecule has 1 fully saturated rings. The summed E-state index contributed by atoms with van der Waals surface area (Å²) < 4.78 is 7.05. The van der Waals surface area contributed by atoms with Crippen molar-refractivity contribution in [3.63, 3.8) is 0 Å². The van der Waals surface area contributed by atoms with E-state index in [1.807, 2.05) is 6.07 Å². The third kappa shape index (κ3) is 2.69. The van der Waals surface area contributed by atoms with Crippen LogP contribution in [-0.4, -0.2) is 25.8 Å². The fourth-order valence-corrected chi connectivity index (χ4v) is 3.54. The highest BCUT2D eigenvalue weighted by Gasteiger charge is 2.30. The van der Waals surface area contributed by atoms with Crippen molar-refractivity contribution in [2.45, 2.75) is 37.6 Å². The molecule has 3 aromatic rings. The van der Waals surface area contributed by atoms with Gasteiger partial charge in [-0.15, -0.1) is 0 Å². The van der Waals surface area contributed by atoms with Crippen molar-refractivity contribution in [2.24, 2.45) is 7.05 Å². The van der Waals surface area contributed by atoms with E-state index < -0.39 is 0 Å². The zero-order valence-electron chi connectivity index (χ0n) is 14.5. The van der Waals surface area contributed by atoms with E-state index in [-0.39, 0.29) is 11.9 Å². The van der Waals surface area contributed by atoms with E-state index in [0.717, 1.165) is 42.6 Å². The summed E-state index contributed by atoms with van der Waals surface area (Å²) in [6, 6.07) is 6.19. The molecule has 5 rings (SSSR count). The van der Waals surface area contributed by atoms with Gasteiger partial charge in [0, 0.05) is 24.7 Å². The maximum absolute atomic E-state index is 12.4. The molecule has 26 heavy (non-hydrogen) atoms. The lowest BCUT2D eigenvalue weighted by molar-refractivity contribution is 0.0936. The lowest BCUT2D eigenvalue weighted by Gasteiger charge is -2.13. The number of hydrogen-bond donors (Lipinski definition) is 1. The second kappa shape index (κ2) is 5.79. The average Bonchev–Trinajstić information content (AvgIpc) is 3.06. The van der Waals surface area contributed by atoms with Gasteiger partial charge in [0.15, 0.2) is 5.82 Å². The van der Waals surface area contributed by atoms with E-state index in [2.05, 4.69) is 32.7 Å². The Kier molecular flexibility index (Phi) is 3.41. The number of nitrogens with one attached hydrogen (secondary N) is 1. The Hall–Kier alpha value is -2.96. The molecule has 2 aromatic heterocycles. The summed E-state index contributed by atoms with van der Waals surface area (Å²) in [6.07, 6.45) is 7.43. The second-order valence-corrected chi connectivity index (χ2v) is 7.11. The quantitative estimate of drug-likeness (QED) is 0.783. The van der Waals surface area contributed by atoms with Gasteiger partial charge in [0.2, 0.25) is 0 Å². The molecule has 132 valence electrons. The standard InChI is InChI=1S/C19H19N5O2/c1-24-10-14(9-20-24)18(25)21-16-7-5-12-8-13(4-6-15(12)16)19-22-17(23-26-19)11-2-3-11/h4,6,8-11,16H,2-3,5,7H2,1H3,(H,21,25). The Bertz CT molecular complexity index is 985. The first kappa shape index (κ1) is 15.3. The molecular weight excluding hydrogens is 330 g/mol. The largest absolute Gasteiger partial charge is 0.345 e. The van der Waals surface area contributed by atoms with E-state index in [1.165, 1.54) is 5.56 Å². The maximum Gasteiger partial charge on any atom is 0.257 e. The molecule has 2 aliphatic rings. The van der Waals surface area contributed by atoms with Gasteiger partial charge in [0.05, 0.1) is 17.8 Å². The molecule has 0 bridgehead atoms. The zero-order chi connectivity index (χ0) is 17.7. The summed E-state index contributed by atoms with van der Waals surface area (Å²) in [5.41, 5.74) is 3.91. The molecule has 0 spiro atoms. The molecule has 0 saturated heterocycles. The number of carbonyl (C=O) groups is 1. The SMILES string of the molecule is Cn1cc(C(=O)NC2CCc3cc(-c4nc(C5CC5)no4)ccc32)cn1. The van der Waals surface area contributed by atoms with Crippen LogP contribution in [0.4, 0.5) is 0 Å². The van der Waals surface area contributed by atoms with Crippen LogP contribution in [0.3, 0.4) is 0 Å². The molecule has 7 nitrogen and oxygen atoms in total. The maximum atomic E-state index is 12.4. The van der Waals surface area contributed by atoms with Gasteiger partial charge in [-0.2, -0.15) is 10.1 Å². The minimum Gasteiger partial charge on any atom is -0.345 e. The van der Waals surface area contributed by atoms with Crippen LogP contribution in [0.15, 0.2) is 35.1 Å². The van der Waals surface area contributed by atoms with Crippen LogP contribution in [0.25, 0.3) is 11.5 Å². The van der Waals surface area contributed by atoms with Crippen LogP contribution < -0.4 is 5.32 Å². The van der Waals surface area contributed by atoms with E-state index in [4.69, 9.17) is 4.52 Å². The van der Waals surface area contributed by atoms with Gasteiger partial charge < -0.3 is 9.84 Å². The summed E-state index contributed by atoms with van der Waals surface area (Å²) >= 11 is 0. The lowest BCUT2D eigenvalue weighted by atomic mass is 10.0. The summed E-state index contributed by atoms with van der Waals surface area (Å²) in [5, 5.41) is 11.2. The molecule has 0 radical (unpaired) electrons. The van der Waals surface area contributed by atoms with Crippen LogP contribution in [0.2, 0.25) is 0 Å². The van der Waals surface area contributed by atoms with Crippen LogP contribution in [0, 0.1) is 0 Å². The fraction of sp³-hybridized carbons (Fsp3) is 0.368. The van der Waals surface area contributed by atoms with Crippen LogP contribution >= 0.6 is 0 Å². The van der Waals surface area contributed by atoms with Crippen molar-refractivity contribution >= 4 is 5.91 Å². The number of hydrogen-bond acceptors (Lipinski definition) is 5. The van der Waals surface area contributed by atoms with Gasteiger partial charge in [-0.1, -0.05) is 11.2 Å². The van der Waals surface area contributed by atoms with Crippen LogP contribution in [0.1, 0.15) is 58.5 Å². The molecule has 1 amide bonds. The third-order valence-electron chi connectivity index (χ3n) is 5.12. The van der Waals surface area contributed by atoms with E-state index >= 15 is 0 Å². The molecular formula is C19H19N5O2.